The van der Waals surface area contributed by atoms with E-state index in [4.69, 9.17) is 23.2 Å². The molecule has 0 fully saturated rings. The summed E-state index contributed by atoms with van der Waals surface area (Å²) in [6, 6.07) is 4.19. The van der Waals surface area contributed by atoms with Crippen molar-refractivity contribution in [3.05, 3.63) is 34.6 Å². The summed E-state index contributed by atoms with van der Waals surface area (Å²) in [5.41, 5.74) is 0.395. The van der Waals surface area contributed by atoms with Crippen LogP contribution in [0, 0.1) is 0 Å². The fourth-order valence-electron chi connectivity index (χ4n) is 2.03. The molecule has 1 atom stereocenters. The first-order valence-electron chi connectivity index (χ1n) is 6.00. The van der Waals surface area contributed by atoms with E-state index in [1.54, 1.807) is 18.2 Å². The Morgan fingerprint density at radius 3 is 3.05 bits per heavy atom. The highest BCUT2D eigenvalue weighted by atomic mass is 35.5. The Morgan fingerprint density at radius 2 is 2.24 bits per heavy atom. The van der Waals surface area contributed by atoms with Gasteiger partial charge in [0.2, 0.25) is 11.9 Å². The van der Waals surface area contributed by atoms with Crippen molar-refractivity contribution in [3.8, 4) is 0 Å². The first-order chi connectivity index (χ1) is 10.1. The van der Waals surface area contributed by atoms with E-state index >= 15 is 0 Å². The van der Waals surface area contributed by atoms with Gasteiger partial charge in [-0.25, -0.2) is 4.68 Å². The van der Waals surface area contributed by atoms with Gasteiger partial charge in [-0.15, -0.1) is 0 Å². The van der Waals surface area contributed by atoms with Crippen LogP contribution in [0.5, 0.6) is 0 Å². The maximum absolute atomic E-state index is 12.1. The third kappa shape index (κ3) is 2.57. The Balaban J connectivity index is 1.73. The molecular weight excluding hydrogens is 317 g/mol. The number of hydrogen-bond donors (Lipinski definition) is 2. The average Bonchev–Trinajstić information content (AvgIpc) is 2.99. The number of benzene rings is 1. The van der Waals surface area contributed by atoms with E-state index in [-0.39, 0.29) is 23.3 Å². The molecule has 1 aromatic heterocycles. The van der Waals surface area contributed by atoms with Gasteiger partial charge in [-0.3, -0.25) is 14.9 Å². The molecule has 0 radical (unpaired) electrons. The summed E-state index contributed by atoms with van der Waals surface area (Å²) in [5.74, 6) is -0.362. The van der Waals surface area contributed by atoms with Crippen molar-refractivity contribution < 1.29 is 9.59 Å². The normalized spacial score (nSPS) is 16.5. The molecule has 1 aliphatic heterocycles. The number of aromatic nitrogens is 3. The van der Waals surface area contributed by atoms with Crippen molar-refractivity contribution in [2.45, 2.75) is 12.5 Å². The summed E-state index contributed by atoms with van der Waals surface area (Å²) < 4.78 is 1.38. The Morgan fingerprint density at radius 1 is 1.43 bits per heavy atom. The van der Waals surface area contributed by atoms with Crippen molar-refractivity contribution in [1.29, 1.82) is 0 Å². The van der Waals surface area contributed by atoms with E-state index < -0.39 is 6.04 Å². The molecule has 0 saturated carbocycles. The minimum atomic E-state index is -0.722. The van der Waals surface area contributed by atoms with Gasteiger partial charge in [0.05, 0.1) is 22.2 Å². The summed E-state index contributed by atoms with van der Waals surface area (Å²) >= 11 is 11.9. The van der Waals surface area contributed by atoms with E-state index in [0.717, 1.165) is 0 Å². The van der Waals surface area contributed by atoms with E-state index in [1.807, 2.05) is 0 Å². The lowest BCUT2D eigenvalue weighted by Crippen LogP contribution is -2.23. The molecule has 7 nitrogen and oxygen atoms in total. The number of anilines is 2. The first kappa shape index (κ1) is 13.8. The Bertz CT molecular complexity index is 730. The minimum Gasteiger partial charge on any atom is -0.325 e. The van der Waals surface area contributed by atoms with Gasteiger partial charge in [0.15, 0.2) is 0 Å². The number of amides is 2. The highest BCUT2D eigenvalue weighted by Gasteiger charge is 2.33. The fourth-order valence-corrected chi connectivity index (χ4v) is 2.38. The summed E-state index contributed by atoms with van der Waals surface area (Å²) in [7, 11) is 0. The highest BCUT2D eigenvalue weighted by Crippen LogP contribution is 2.30. The average molecular weight is 326 g/mol. The van der Waals surface area contributed by atoms with Crippen LogP contribution in [0.2, 0.25) is 10.0 Å². The molecule has 9 heteroatoms. The van der Waals surface area contributed by atoms with Crippen molar-refractivity contribution in [3.63, 3.8) is 0 Å². The van der Waals surface area contributed by atoms with Crippen LogP contribution in [-0.4, -0.2) is 26.6 Å². The van der Waals surface area contributed by atoms with Gasteiger partial charge in [-0.2, -0.15) is 10.1 Å². The molecule has 0 spiro atoms. The molecule has 21 heavy (non-hydrogen) atoms. The molecule has 3 rings (SSSR count). The second kappa shape index (κ2) is 5.34. The summed E-state index contributed by atoms with van der Waals surface area (Å²) in [4.78, 5) is 27.7. The maximum atomic E-state index is 12.1. The molecule has 1 aromatic carbocycles. The van der Waals surface area contributed by atoms with Crippen LogP contribution in [0.3, 0.4) is 0 Å². The van der Waals surface area contributed by atoms with Gasteiger partial charge < -0.3 is 5.32 Å². The zero-order valence-electron chi connectivity index (χ0n) is 10.5. The van der Waals surface area contributed by atoms with Crippen LogP contribution in [0.1, 0.15) is 12.5 Å². The lowest BCUT2D eigenvalue weighted by Gasteiger charge is -2.11. The molecule has 2 aromatic rings. The molecule has 2 amide bonds. The van der Waals surface area contributed by atoms with E-state index in [2.05, 4.69) is 20.7 Å². The molecule has 0 bridgehead atoms. The predicted molar refractivity (Wildman–Crippen MR) is 77.4 cm³/mol. The zero-order valence-corrected chi connectivity index (χ0v) is 12.0. The van der Waals surface area contributed by atoms with E-state index in [1.165, 1.54) is 11.0 Å². The molecule has 0 aliphatic carbocycles. The summed E-state index contributed by atoms with van der Waals surface area (Å²) in [6.45, 7) is 0. The van der Waals surface area contributed by atoms with Crippen LogP contribution in [0.4, 0.5) is 11.6 Å². The first-order valence-corrected chi connectivity index (χ1v) is 6.76. The van der Waals surface area contributed by atoms with Crippen LogP contribution in [0.15, 0.2) is 24.5 Å². The topological polar surface area (TPSA) is 88.9 Å². The van der Waals surface area contributed by atoms with Crippen molar-refractivity contribution >= 4 is 46.7 Å². The van der Waals surface area contributed by atoms with Gasteiger partial charge in [-0.05, 0) is 12.1 Å². The van der Waals surface area contributed by atoms with Crippen LogP contribution in [-0.2, 0) is 9.59 Å². The van der Waals surface area contributed by atoms with Crippen molar-refractivity contribution in [1.82, 2.24) is 14.8 Å². The van der Waals surface area contributed by atoms with E-state index in [9.17, 15) is 9.59 Å². The molecule has 1 aliphatic rings. The molecule has 2 heterocycles. The van der Waals surface area contributed by atoms with Crippen molar-refractivity contribution in [2.75, 3.05) is 10.6 Å². The quantitative estimate of drug-likeness (QED) is 0.904. The maximum Gasteiger partial charge on any atom is 0.252 e. The number of fused-ring (bicyclic) bond motifs is 1. The van der Waals surface area contributed by atoms with Gasteiger partial charge in [0.1, 0.15) is 12.4 Å². The van der Waals surface area contributed by atoms with Crippen LogP contribution < -0.4 is 10.6 Å². The number of nitrogens with zero attached hydrogens (tertiary/aromatic N) is 3. The second-order valence-electron chi connectivity index (χ2n) is 4.39. The molecule has 2 N–H and O–H groups in total. The monoisotopic (exact) mass is 325 g/mol. The van der Waals surface area contributed by atoms with Gasteiger partial charge >= 0.3 is 0 Å². The number of nitrogens with one attached hydrogen (secondary N) is 2. The Kier molecular flexibility index (Phi) is 3.52. The SMILES string of the molecule is O=C(CC1C(=O)Nc2ncnn21)Nc1cccc(Cl)c1Cl. The number of halogens is 2. The van der Waals surface area contributed by atoms with Crippen molar-refractivity contribution in [2.24, 2.45) is 0 Å². The van der Waals surface area contributed by atoms with Gasteiger partial charge in [-0.1, -0.05) is 29.3 Å². The third-order valence-electron chi connectivity index (χ3n) is 3.01. The molecule has 1 unspecified atom stereocenters. The predicted octanol–water partition coefficient (Wildman–Crippen LogP) is 2.11. The molecular formula is C12H9Cl2N5O2. The zero-order chi connectivity index (χ0) is 15.0. The van der Waals surface area contributed by atoms with E-state index in [0.29, 0.717) is 16.7 Å². The minimum absolute atomic E-state index is 0.0783. The van der Waals surface area contributed by atoms with Gasteiger partial charge in [0, 0.05) is 0 Å². The summed E-state index contributed by atoms with van der Waals surface area (Å²) in [6.07, 6.45) is 1.23. The third-order valence-corrected chi connectivity index (χ3v) is 3.83. The number of carbonyl (C=O) groups excluding carboxylic acids is 2. The Hall–Kier alpha value is -2.12. The lowest BCUT2D eigenvalue weighted by molar-refractivity contribution is -0.123. The largest absolute Gasteiger partial charge is 0.325 e. The number of carbonyl (C=O) groups is 2. The standard InChI is InChI=1S/C12H9Cl2N5O2/c13-6-2-1-3-7(10(6)14)17-9(20)4-8-11(21)18-12-15-5-16-19(8)12/h1-3,5,8H,4H2,(H,17,20)(H,15,16,18,21). The smallest absolute Gasteiger partial charge is 0.252 e. The number of hydrogen-bond acceptors (Lipinski definition) is 4. The lowest BCUT2D eigenvalue weighted by atomic mass is 10.2. The van der Waals surface area contributed by atoms with Gasteiger partial charge in [0.25, 0.3) is 5.91 Å². The summed E-state index contributed by atoms with van der Waals surface area (Å²) in [5, 5.41) is 9.67. The fraction of sp³-hybridized carbons (Fsp3) is 0.167. The molecule has 108 valence electrons. The number of rotatable bonds is 3. The molecule has 0 saturated heterocycles. The van der Waals surface area contributed by atoms with Crippen LogP contribution >= 0.6 is 23.2 Å². The Labute approximate surface area is 129 Å². The highest BCUT2D eigenvalue weighted by molar-refractivity contribution is 6.44. The second-order valence-corrected chi connectivity index (χ2v) is 5.17. The van der Waals surface area contributed by atoms with Crippen LogP contribution in [0.25, 0.3) is 0 Å².